The quantitative estimate of drug-likeness (QED) is 0.766. The number of rotatable bonds is 3. The molecule has 1 saturated heterocycles. The molecule has 2 heteroatoms. The summed E-state index contributed by atoms with van der Waals surface area (Å²) < 4.78 is 0. The Labute approximate surface area is 112 Å². The summed E-state index contributed by atoms with van der Waals surface area (Å²) in [5, 5.41) is 0. The van der Waals surface area contributed by atoms with Gasteiger partial charge in [-0.25, -0.2) is 0 Å². The normalized spacial score (nSPS) is 36.6. The van der Waals surface area contributed by atoms with Crippen LogP contribution in [0.3, 0.4) is 0 Å². The molecule has 1 spiro atoms. The van der Waals surface area contributed by atoms with Crippen LogP contribution < -0.4 is 0 Å². The van der Waals surface area contributed by atoms with Gasteiger partial charge >= 0.3 is 0 Å². The molecule has 2 fully saturated rings. The van der Waals surface area contributed by atoms with Crippen LogP contribution >= 0.6 is 0 Å². The maximum atomic E-state index is 12.6. The van der Waals surface area contributed by atoms with Crippen LogP contribution in [0.5, 0.6) is 0 Å². The van der Waals surface area contributed by atoms with Gasteiger partial charge in [0.1, 0.15) is 0 Å². The van der Waals surface area contributed by atoms with Gasteiger partial charge in [-0.05, 0) is 36.6 Å². The van der Waals surface area contributed by atoms with Gasteiger partial charge in [0, 0.05) is 12.0 Å². The van der Waals surface area contributed by atoms with Crippen molar-refractivity contribution in [1.29, 1.82) is 0 Å². The van der Waals surface area contributed by atoms with Crippen molar-refractivity contribution in [2.24, 2.45) is 22.7 Å². The number of likely N-dealkylation sites (N-methyl/N-ethyl adjacent to an activating group) is 1. The van der Waals surface area contributed by atoms with Gasteiger partial charge in [0.05, 0.1) is 6.04 Å². The van der Waals surface area contributed by atoms with E-state index in [2.05, 4.69) is 46.4 Å². The van der Waals surface area contributed by atoms with Gasteiger partial charge < -0.3 is 0 Å². The van der Waals surface area contributed by atoms with Gasteiger partial charge in [-0.3, -0.25) is 9.69 Å². The lowest BCUT2D eigenvalue weighted by Gasteiger charge is -2.27. The van der Waals surface area contributed by atoms with Gasteiger partial charge in [0.15, 0.2) is 5.78 Å². The SMILES string of the molecule is CCN1C[C@@]2(CC2C(C)C)C[C@H]1C(=O)C(C)(C)C. The molecule has 0 aromatic rings. The van der Waals surface area contributed by atoms with E-state index < -0.39 is 0 Å². The molecule has 0 radical (unpaired) electrons. The summed E-state index contributed by atoms with van der Waals surface area (Å²) in [6, 6.07) is 0.179. The summed E-state index contributed by atoms with van der Waals surface area (Å²) in [7, 11) is 0. The summed E-state index contributed by atoms with van der Waals surface area (Å²) in [6.45, 7) is 15.2. The van der Waals surface area contributed by atoms with E-state index in [0.29, 0.717) is 11.2 Å². The summed E-state index contributed by atoms with van der Waals surface area (Å²) in [6.07, 6.45) is 2.45. The number of hydrogen-bond donors (Lipinski definition) is 0. The molecule has 3 atom stereocenters. The average molecular weight is 251 g/mol. The number of ketones is 1. The molecule has 1 aliphatic carbocycles. The lowest BCUT2D eigenvalue weighted by Crippen LogP contribution is -2.41. The molecular weight excluding hydrogens is 222 g/mol. The Morgan fingerprint density at radius 3 is 2.33 bits per heavy atom. The van der Waals surface area contributed by atoms with E-state index in [9.17, 15) is 4.79 Å². The maximum Gasteiger partial charge on any atom is 0.155 e. The molecule has 0 N–H and O–H groups in total. The number of carbonyl (C=O) groups is 1. The predicted octanol–water partition coefficient (Wildman–Crippen LogP) is 3.36. The zero-order chi connectivity index (χ0) is 13.7. The summed E-state index contributed by atoms with van der Waals surface area (Å²) in [5.74, 6) is 2.06. The molecule has 0 aromatic heterocycles. The van der Waals surface area contributed by atoms with Crippen molar-refractivity contribution in [2.45, 2.75) is 60.4 Å². The minimum absolute atomic E-state index is 0.179. The average Bonchev–Trinajstić information content (AvgIpc) is 2.81. The molecule has 2 nitrogen and oxygen atoms in total. The Balaban J connectivity index is 2.12. The van der Waals surface area contributed by atoms with Crippen molar-refractivity contribution in [3.05, 3.63) is 0 Å². The standard InChI is InChI=1S/C16H29NO/c1-7-17-10-16(8-12(16)11(2)3)9-13(17)14(18)15(4,5)6/h11-13H,7-10H2,1-6H3/t12?,13-,16+/m0/s1. The van der Waals surface area contributed by atoms with Crippen LogP contribution in [0.1, 0.15) is 54.4 Å². The third-order valence-corrected chi connectivity index (χ3v) is 5.06. The van der Waals surface area contributed by atoms with Crippen molar-refractivity contribution in [3.8, 4) is 0 Å². The third-order valence-electron chi connectivity index (χ3n) is 5.06. The van der Waals surface area contributed by atoms with Crippen LogP contribution in [-0.4, -0.2) is 29.8 Å². The first-order valence-electron chi connectivity index (χ1n) is 7.49. The second kappa shape index (κ2) is 4.33. The van der Waals surface area contributed by atoms with Crippen LogP contribution in [0.2, 0.25) is 0 Å². The van der Waals surface area contributed by atoms with Crippen molar-refractivity contribution in [1.82, 2.24) is 4.90 Å². The van der Waals surface area contributed by atoms with Crippen LogP contribution in [0.25, 0.3) is 0 Å². The van der Waals surface area contributed by atoms with Crippen molar-refractivity contribution in [3.63, 3.8) is 0 Å². The molecule has 1 aliphatic heterocycles. The lowest BCUT2D eigenvalue weighted by atomic mass is 9.83. The van der Waals surface area contributed by atoms with E-state index in [0.717, 1.165) is 31.3 Å². The highest BCUT2D eigenvalue weighted by Crippen LogP contribution is 2.63. The van der Waals surface area contributed by atoms with E-state index in [4.69, 9.17) is 0 Å². The fourth-order valence-corrected chi connectivity index (χ4v) is 3.92. The first-order valence-corrected chi connectivity index (χ1v) is 7.49. The highest BCUT2D eigenvalue weighted by molar-refractivity contribution is 5.89. The zero-order valence-corrected chi connectivity index (χ0v) is 12.9. The van der Waals surface area contributed by atoms with E-state index in [1.165, 1.54) is 6.42 Å². The largest absolute Gasteiger partial charge is 0.297 e. The molecule has 1 heterocycles. The molecule has 0 amide bonds. The second-order valence-electron chi connectivity index (χ2n) is 7.81. The topological polar surface area (TPSA) is 20.3 Å². The van der Waals surface area contributed by atoms with Crippen LogP contribution in [0.4, 0.5) is 0 Å². The number of carbonyl (C=O) groups excluding carboxylic acids is 1. The Morgan fingerprint density at radius 1 is 1.33 bits per heavy atom. The minimum atomic E-state index is -0.203. The molecule has 1 unspecified atom stereocenters. The molecule has 1 saturated carbocycles. The fraction of sp³-hybridized carbons (Fsp3) is 0.938. The summed E-state index contributed by atoms with van der Waals surface area (Å²) >= 11 is 0. The predicted molar refractivity (Wildman–Crippen MR) is 75.5 cm³/mol. The van der Waals surface area contributed by atoms with E-state index in [1.807, 2.05) is 0 Å². The van der Waals surface area contributed by atoms with Crippen LogP contribution in [0, 0.1) is 22.7 Å². The molecule has 0 bridgehead atoms. The highest BCUT2D eigenvalue weighted by atomic mass is 16.1. The molecule has 18 heavy (non-hydrogen) atoms. The monoisotopic (exact) mass is 251 g/mol. The van der Waals surface area contributed by atoms with E-state index >= 15 is 0 Å². The van der Waals surface area contributed by atoms with Crippen molar-refractivity contribution >= 4 is 5.78 Å². The van der Waals surface area contributed by atoms with Gasteiger partial charge in [-0.1, -0.05) is 41.5 Å². The van der Waals surface area contributed by atoms with E-state index in [-0.39, 0.29) is 11.5 Å². The Hall–Kier alpha value is -0.370. The number of Topliss-reactive ketones (excluding diaryl/α,β-unsaturated/α-hetero) is 1. The molecular formula is C16H29NO. The smallest absolute Gasteiger partial charge is 0.155 e. The number of nitrogens with zero attached hydrogens (tertiary/aromatic N) is 1. The number of likely N-dealkylation sites (tertiary alicyclic amines) is 1. The fourth-order valence-electron chi connectivity index (χ4n) is 3.92. The van der Waals surface area contributed by atoms with E-state index in [1.54, 1.807) is 0 Å². The van der Waals surface area contributed by atoms with Gasteiger partial charge in [-0.15, -0.1) is 0 Å². The Bertz CT molecular complexity index is 341. The summed E-state index contributed by atoms with van der Waals surface area (Å²) in [4.78, 5) is 15.0. The van der Waals surface area contributed by atoms with Crippen molar-refractivity contribution < 1.29 is 4.79 Å². The maximum absolute atomic E-state index is 12.6. The molecule has 2 aliphatic rings. The first-order chi connectivity index (χ1) is 8.21. The lowest BCUT2D eigenvalue weighted by molar-refractivity contribution is -0.130. The Morgan fingerprint density at radius 2 is 1.94 bits per heavy atom. The molecule has 2 rings (SSSR count). The van der Waals surface area contributed by atoms with Crippen molar-refractivity contribution in [2.75, 3.05) is 13.1 Å². The highest BCUT2D eigenvalue weighted by Gasteiger charge is 2.61. The first kappa shape index (κ1) is 14.0. The Kier molecular flexibility index (Phi) is 3.38. The zero-order valence-electron chi connectivity index (χ0n) is 12.9. The second-order valence-corrected chi connectivity index (χ2v) is 7.81. The van der Waals surface area contributed by atoms with Crippen LogP contribution in [0.15, 0.2) is 0 Å². The third kappa shape index (κ3) is 2.24. The van der Waals surface area contributed by atoms with Crippen LogP contribution in [-0.2, 0) is 4.79 Å². The van der Waals surface area contributed by atoms with Gasteiger partial charge in [0.2, 0.25) is 0 Å². The van der Waals surface area contributed by atoms with Gasteiger partial charge in [0.25, 0.3) is 0 Å². The summed E-state index contributed by atoms with van der Waals surface area (Å²) in [5.41, 5.74) is 0.279. The molecule has 104 valence electrons. The molecule has 0 aromatic carbocycles. The minimum Gasteiger partial charge on any atom is -0.297 e. The van der Waals surface area contributed by atoms with Gasteiger partial charge in [-0.2, -0.15) is 0 Å². The number of hydrogen-bond acceptors (Lipinski definition) is 2.